The van der Waals surface area contributed by atoms with Crippen molar-refractivity contribution in [1.29, 1.82) is 0 Å². The summed E-state index contributed by atoms with van der Waals surface area (Å²) in [5.41, 5.74) is 6.72. The Kier molecular flexibility index (Phi) is 8.57. The number of fused-ring (bicyclic) bond motifs is 1. The van der Waals surface area contributed by atoms with Gasteiger partial charge in [0.25, 0.3) is 0 Å². The number of benzene rings is 2. The van der Waals surface area contributed by atoms with Gasteiger partial charge in [0.1, 0.15) is 24.5 Å². The number of hydrogen-bond donors (Lipinski definition) is 3. The van der Waals surface area contributed by atoms with Crippen LogP contribution in [0.1, 0.15) is 25.1 Å². The second-order valence-electron chi connectivity index (χ2n) is 9.30. The number of anilines is 1. The number of imidazole rings is 1. The van der Waals surface area contributed by atoms with Gasteiger partial charge in [-0.3, -0.25) is 13.9 Å². The second-order valence-corrected chi connectivity index (χ2v) is 11.0. The van der Waals surface area contributed by atoms with E-state index < -0.39 is 44.3 Å². The van der Waals surface area contributed by atoms with E-state index in [9.17, 15) is 18.9 Å². The summed E-state index contributed by atoms with van der Waals surface area (Å²) in [6.45, 7) is 1.23. The highest BCUT2D eigenvalue weighted by Crippen LogP contribution is 2.46. The molecule has 1 saturated heterocycles. The number of carbonyl (C=O) groups excluding carboxylic acids is 1. The molecule has 5 rings (SSSR count). The molecule has 0 saturated carbocycles. The van der Waals surface area contributed by atoms with Crippen LogP contribution in [0.15, 0.2) is 67.0 Å². The number of para-hydroxylation sites is 1. The molecular weight excluding hydrogens is 558 g/mol. The molecule has 4 N–H and O–H groups in total. The molecule has 1 aliphatic rings. The zero-order valence-corrected chi connectivity index (χ0v) is 22.8. The van der Waals surface area contributed by atoms with Crippen LogP contribution in [0.5, 0.6) is 5.75 Å². The highest BCUT2D eigenvalue weighted by molar-refractivity contribution is 7.52. The number of aliphatic hydroxyl groups excluding tert-OH is 1. The minimum Gasteiger partial charge on any atom is -0.460 e. The van der Waals surface area contributed by atoms with Gasteiger partial charge in [-0.15, -0.1) is 0 Å². The van der Waals surface area contributed by atoms with Crippen LogP contribution < -0.4 is 15.3 Å². The number of ether oxygens (including phenoxy) is 2. The van der Waals surface area contributed by atoms with Gasteiger partial charge in [-0.1, -0.05) is 48.5 Å². The van der Waals surface area contributed by atoms with Crippen molar-refractivity contribution in [3.8, 4) is 5.75 Å². The van der Waals surface area contributed by atoms with Gasteiger partial charge >= 0.3 is 19.8 Å². The monoisotopic (exact) mass is 586 g/mol. The number of halogens is 1. The predicted octanol–water partition coefficient (Wildman–Crippen LogP) is 3.12. The van der Waals surface area contributed by atoms with Crippen molar-refractivity contribution in [1.82, 2.24) is 24.6 Å². The van der Waals surface area contributed by atoms with Crippen molar-refractivity contribution >= 4 is 30.7 Å². The molecule has 1 fully saturated rings. The number of aliphatic hydroxyl groups is 1. The molecule has 0 bridgehead atoms. The quantitative estimate of drug-likeness (QED) is 0.133. The average molecular weight is 587 g/mol. The summed E-state index contributed by atoms with van der Waals surface area (Å²) in [6, 6.07) is 16.4. The lowest BCUT2D eigenvalue weighted by molar-refractivity contribution is -0.146. The summed E-state index contributed by atoms with van der Waals surface area (Å²) < 4.78 is 51.5. The standard InChI is InChI=1S/C26H28FN6O7P/c1-16(25(35)37-13-17-8-4-2-5-9-17)32-41(36,40-18-10-6-3-7-11-18)38-14-19-12-20(34)24(39-19)33-15-29-21-22(28)30-26(27)31-23(21)33/h2-11,15-16,19-20,24,34H,12-14H2,1H3,(H,32,36)(H2,28,30,31)/t16-,19-,20-,24?,41?/m0/s1. The Morgan fingerprint density at radius 2 is 1.93 bits per heavy atom. The Bertz CT molecular complexity index is 1540. The molecule has 2 unspecified atom stereocenters. The summed E-state index contributed by atoms with van der Waals surface area (Å²) >= 11 is 0. The Labute approximate surface area is 234 Å². The van der Waals surface area contributed by atoms with Gasteiger partial charge in [0.05, 0.1) is 19.0 Å². The van der Waals surface area contributed by atoms with Crippen molar-refractivity contribution in [3.63, 3.8) is 0 Å². The van der Waals surface area contributed by atoms with E-state index in [1.807, 2.05) is 30.3 Å². The highest BCUT2D eigenvalue weighted by atomic mass is 31.2. The molecule has 216 valence electrons. The zero-order chi connectivity index (χ0) is 29.0. The number of nitrogens with one attached hydrogen (secondary N) is 1. The SMILES string of the molecule is C[C@H](NP(=O)(OC[C@@H]1C[C@H](O)C(n2cnc3c(N)nc(F)nc32)O1)Oc1ccccc1)C(=O)OCc1ccccc1. The normalized spacial score (nSPS) is 20.9. The fourth-order valence-electron chi connectivity index (χ4n) is 4.22. The van der Waals surface area contributed by atoms with Gasteiger partial charge in [-0.05, 0) is 24.6 Å². The van der Waals surface area contributed by atoms with Crippen LogP contribution in [-0.2, 0) is 30.0 Å². The molecule has 2 aromatic carbocycles. The predicted molar refractivity (Wildman–Crippen MR) is 144 cm³/mol. The van der Waals surface area contributed by atoms with Gasteiger partial charge < -0.3 is 24.8 Å². The number of nitrogens with zero attached hydrogens (tertiary/aromatic N) is 4. The third-order valence-corrected chi connectivity index (χ3v) is 7.83. The van der Waals surface area contributed by atoms with Gasteiger partial charge in [0, 0.05) is 6.42 Å². The smallest absolute Gasteiger partial charge is 0.459 e. The summed E-state index contributed by atoms with van der Waals surface area (Å²) in [4.78, 5) is 23.9. The number of carbonyl (C=O) groups is 1. The van der Waals surface area contributed by atoms with E-state index in [-0.39, 0.29) is 42.4 Å². The Morgan fingerprint density at radius 1 is 1.22 bits per heavy atom. The van der Waals surface area contributed by atoms with Crippen LogP contribution in [0.4, 0.5) is 10.2 Å². The van der Waals surface area contributed by atoms with Gasteiger partial charge in [0.2, 0.25) is 0 Å². The number of nitrogens with two attached hydrogens (primary N) is 1. The first-order chi connectivity index (χ1) is 19.7. The van der Waals surface area contributed by atoms with Gasteiger partial charge in [-0.2, -0.15) is 19.4 Å². The van der Waals surface area contributed by atoms with Crippen LogP contribution in [0.25, 0.3) is 11.2 Å². The molecule has 5 atom stereocenters. The fraction of sp³-hybridized carbons (Fsp3) is 0.308. The molecule has 2 aromatic heterocycles. The molecule has 0 amide bonds. The highest BCUT2D eigenvalue weighted by Gasteiger charge is 2.39. The van der Waals surface area contributed by atoms with E-state index in [2.05, 4.69) is 20.0 Å². The van der Waals surface area contributed by atoms with Gasteiger partial charge in [-0.25, -0.2) is 9.55 Å². The molecule has 1 aliphatic heterocycles. The Morgan fingerprint density at radius 3 is 2.66 bits per heavy atom. The fourth-order valence-corrected chi connectivity index (χ4v) is 5.74. The summed E-state index contributed by atoms with van der Waals surface area (Å²) in [7, 11) is -4.17. The average Bonchev–Trinajstić information content (AvgIpc) is 3.54. The molecular formula is C26H28FN6O7P. The van der Waals surface area contributed by atoms with E-state index >= 15 is 0 Å². The Hall–Kier alpha value is -3.94. The van der Waals surface area contributed by atoms with Crippen molar-refractivity contribution in [2.45, 2.75) is 44.4 Å². The summed E-state index contributed by atoms with van der Waals surface area (Å²) in [6.07, 6.45) is -2.49. The Balaban J connectivity index is 1.26. The lowest BCUT2D eigenvalue weighted by Gasteiger charge is -2.24. The van der Waals surface area contributed by atoms with Crippen LogP contribution in [-0.4, -0.2) is 55.5 Å². The summed E-state index contributed by atoms with van der Waals surface area (Å²) in [5.74, 6) is -0.579. The van der Waals surface area contributed by atoms with Gasteiger partial charge in [0.15, 0.2) is 23.2 Å². The molecule has 15 heteroatoms. The van der Waals surface area contributed by atoms with E-state index in [4.69, 9.17) is 24.3 Å². The topological polar surface area (TPSA) is 173 Å². The van der Waals surface area contributed by atoms with Crippen molar-refractivity contribution in [2.75, 3.05) is 12.3 Å². The largest absolute Gasteiger partial charge is 0.460 e. The van der Waals surface area contributed by atoms with Crippen LogP contribution in [0, 0.1) is 6.08 Å². The maximum atomic E-state index is 13.8. The van der Waals surface area contributed by atoms with Crippen molar-refractivity contribution < 1.29 is 37.4 Å². The molecule has 13 nitrogen and oxygen atoms in total. The van der Waals surface area contributed by atoms with Crippen LogP contribution in [0.2, 0.25) is 0 Å². The van der Waals surface area contributed by atoms with Crippen LogP contribution in [0.3, 0.4) is 0 Å². The lowest BCUT2D eigenvalue weighted by Crippen LogP contribution is -2.35. The minimum absolute atomic E-state index is 0.0367. The molecule has 0 spiro atoms. The first-order valence-electron chi connectivity index (χ1n) is 12.7. The molecule has 0 radical (unpaired) electrons. The summed E-state index contributed by atoms with van der Waals surface area (Å²) in [5, 5.41) is 13.3. The van der Waals surface area contributed by atoms with E-state index in [0.29, 0.717) is 0 Å². The van der Waals surface area contributed by atoms with E-state index in [0.717, 1.165) is 5.56 Å². The lowest BCUT2D eigenvalue weighted by atomic mass is 10.2. The number of esters is 1. The molecule has 0 aliphatic carbocycles. The zero-order valence-electron chi connectivity index (χ0n) is 21.9. The van der Waals surface area contributed by atoms with E-state index in [1.165, 1.54) is 17.8 Å². The first kappa shape index (κ1) is 28.6. The van der Waals surface area contributed by atoms with Crippen molar-refractivity contribution in [3.05, 3.63) is 78.6 Å². The van der Waals surface area contributed by atoms with Crippen molar-refractivity contribution in [2.24, 2.45) is 0 Å². The number of aromatic nitrogens is 4. The van der Waals surface area contributed by atoms with E-state index in [1.54, 1.807) is 30.3 Å². The number of hydrogen-bond acceptors (Lipinski definition) is 11. The third-order valence-electron chi connectivity index (χ3n) is 6.19. The maximum Gasteiger partial charge on any atom is 0.459 e. The number of rotatable bonds is 11. The molecule has 3 heterocycles. The molecule has 4 aromatic rings. The number of nitrogen functional groups attached to an aromatic ring is 1. The second kappa shape index (κ2) is 12.3. The molecule has 41 heavy (non-hydrogen) atoms. The maximum absolute atomic E-state index is 13.8. The third kappa shape index (κ3) is 6.87. The minimum atomic E-state index is -4.17. The van der Waals surface area contributed by atoms with Crippen LogP contribution >= 0.6 is 7.75 Å². The first-order valence-corrected chi connectivity index (χ1v) is 14.2.